The van der Waals surface area contributed by atoms with Crippen LogP contribution >= 0.6 is 23.1 Å². The zero-order valence-electron chi connectivity index (χ0n) is 18.1. The van der Waals surface area contributed by atoms with Crippen LogP contribution in [0.3, 0.4) is 0 Å². The number of thiophene rings is 1. The summed E-state index contributed by atoms with van der Waals surface area (Å²) >= 11 is 3.15. The molecule has 0 saturated heterocycles. The fraction of sp³-hybridized carbons (Fsp3) is 0.500. The minimum atomic E-state index is -3.24. The van der Waals surface area contributed by atoms with Gasteiger partial charge in [-0.05, 0) is 51.3 Å². The molecular weight excluding hydrogens is 438 g/mol. The first-order chi connectivity index (χ1) is 14.0. The topological polar surface area (TPSA) is 63.7 Å². The van der Waals surface area contributed by atoms with Gasteiger partial charge in [0.05, 0.1) is 6.26 Å². The molecule has 0 bridgehead atoms. The smallest absolute Gasteiger partial charge is 0.348 e. The lowest BCUT2D eigenvalue weighted by atomic mass is 10.2. The van der Waals surface area contributed by atoms with Crippen molar-refractivity contribution in [1.82, 2.24) is 4.31 Å². The Morgan fingerprint density at radius 3 is 2.43 bits per heavy atom. The molecule has 0 fully saturated rings. The largest absolute Gasteiger partial charge is 0.456 e. The molecule has 30 heavy (non-hydrogen) atoms. The standard InChI is InChI=1S/C22H31NO4S3/c1-22(2,3)27-21(24)20-13-12-19(29-20)11-8-14-23(30(4,25)26)15-16-28-17-18-9-6-5-7-10-18/h5-7,9-10,12-13H,8,11,14-17H2,1-4H3. The number of benzene rings is 1. The van der Waals surface area contributed by atoms with Crippen LogP contribution in [-0.2, 0) is 26.9 Å². The van der Waals surface area contributed by atoms with E-state index in [9.17, 15) is 13.2 Å². The first-order valence-corrected chi connectivity index (χ1v) is 13.8. The zero-order valence-corrected chi connectivity index (χ0v) is 20.5. The van der Waals surface area contributed by atoms with Gasteiger partial charge in [-0.25, -0.2) is 17.5 Å². The van der Waals surface area contributed by atoms with Gasteiger partial charge < -0.3 is 4.74 Å². The number of esters is 1. The van der Waals surface area contributed by atoms with Crippen molar-refractivity contribution < 1.29 is 17.9 Å². The van der Waals surface area contributed by atoms with Crippen LogP contribution in [0.15, 0.2) is 42.5 Å². The van der Waals surface area contributed by atoms with Crippen LogP contribution in [-0.4, -0.2) is 49.4 Å². The summed E-state index contributed by atoms with van der Waals surface area (Å²) in [5.41, 5.74) is 0.724. The summed E-state index contributed by atoms with van der Waals surface area (Å²) in [6.45, 7) is 6.51. The number of nitrogens with zero attached hydrogens (tertiary/aromatic N) is 1. The van der Waals surface area contributed by atoms with Gasteiger partial charge in [0.2, 0.25) is 10.0 Å². The summed E-state index contributed by atoms with van der Waals surface area (Å²) in [6, 6.07) is 13.9. The van der Waals surface area contributed by atoms with E-state index in [1.807, 2.05) is 45.0 Å². The van der Waals surface area contributed by atoms with E-state index in [-0.39, 0.29) is 5.97 Å². The number of sulfonamides is 1. The molecule has 2 aromatic rings. The van der Waals surface area contributed by atoms with Crippen molar-refractivity contribution in [2.45, 2.75) is 45.0 Å². The van der Waals surface area contributed by atoms with Crippen molar-refractivity contribution >= 4 is 39.1 Å². The average Bonchev–Trinajstić information content (AvgIpc) is 3.11. The van der Waals surface area contributed by atoms with E-state index in [1.54, 1.807) is 22.1 Å². The van der Waals surface area contributed by atoms with Crippen molar-refractivity contribution in [3.63, 3.8) is 0 Å². The fourth-order valence-electron chi connectivity index (χ4n) is 2.75. The van der Waals surface area contributed by atoms with Gasteiger partial charge in [-0.2, -0.15) is 11.8 Å². The normalized spacial score (nSPS) is 12.3. The minimum absolute atomic E-state index is 0.313. The molecule has 0 aliphatic heterocycles. The maximum Gasteiger partial charge on any atom is 0.348 e. The third kappa shape index (κ3) is 9.20. The highest BCUT2D eigenvalue weighted by molar-refractivity contribution is 7.98. The van der Waals surface area contributed by atoms with Crippen LogP contribution in [0.25, 0.3) is 0 Å². The van der Waals surface area contributed by atoms with E-state index in [0.717, 1.165) is 22.8 Å². The number of rotatable bonds is 11. The SMILES string of the molecule is CC(C)(C)OC(=O)c1ccc(CCCN(CCSCc2ccccc2)S(C)(=O)=O)s1. The molecule has 0 amide bonds. The van der Waals surface area contributed by atoms with Crippen LogP contribution in [0.2, 0.25) is 0 Å². The van der Waals surface area contributed by atoms with Gasteiger partial charge in [-0.15, -0.1) is 11.3 Å². The van der Waals surface area contributed by atoms with Crippen molar-refractivity contribution in [2.75, 3.05) is 25.1 Å². The Labute approximate surface area is 188 Å². The lowest BCUT2D eigenvalue weighted by molar-refractivity contribution is 0.00752. The fourth-order valence-corrected chi connectivity index (χ4v) is 5.60. The van der Waals surface area contributed by atoms with Crippen molar-refractivity contribution in [3.8, 4) is 0 Å². The van der Waals surface area contributed by atoms with Gasteiger partial charge in [-0.1, -0.05) is 30.3 Å². The third-order valence-electron chi connectivity index (χ3n) is 4.16. The molecule has 1 heterocycles. The summed E-state index contributed by atoms with van der Waals surface area (Å²) in [4.78, 5) is 13.8. The molecule has 1 aromatic heterocycles. The van der Waals surface area contributed by atoms with Gasteiger partial charge in [0.1, 0.15) is 10.5 Å². The Kier molecular flexibility index (Phi) is 9.40. The first kappa shape index (κ1) is 24.9. The molecule has 0 spiro atoms. The van der Waals surface area contributed by atoms with Crippen molar-refractivity contribution in [1.29, 1.82) is 0 Å². The molecule has 5 nitrogen and oxygen atoms in total. The Balaban J connectivity index is 1.79. The summed E-state index contributed by atoms with van der Waals surface area (Å²) in [5.74, 6) is 1.32. The summed E-state index contributed by atoms with van der Waals surface area (Å²) < 4.78 is 31.2. The van der Waals surface area contributed by atoms with Gasteiger partial charge in [-0.3, -0.25) is 0 Å². The zero-order chi connectivity index (χ0) is 22.2. The maximum absolute atomic E-state index is 12.1. The number of carbonyl (C=O) groups excluding carboxylic acids is 1. The molecule has 1 aromatic carbocycles. The lowest BCUT2D eigenvalue weighted by Crippen LogP contribution is -2.33. The van der Waals surface area contributed by atoms with E-state index >= 15 is 0 Å². The van der Waals surface area contributed by atoms with Crippen LogP contribution < -0.4 is 0 Å². The van der Waals surface area contributed by atoms with Crippen molar-refractivity contribution in [3.05, 3.63) is 57.8 Å². The third-order valence-corrected chi connectivity index (χ3v) is 7.59. The summed E-state index contributed by atoms with van der Waals surface area (Å²) in [5, 5.41) is 0. The Morgan fingerprint density at radius 1 is 1.10 bits per heavy atom. The molecular formula is C22H31NO4S3. The van der Waals surface area contributed by atoms with E-state index in [4.69, 9.17) is 4.74 Å². The van der Waals surface area contributed by atoms with Gasteiger partial charge in [0, 0.05) is 29.5 Å². The quantitative estimate of drug-likeness (QED) is 0.348. The number of aryl methyl sites for hydroxylation is 1. The van der Waals surface area contributed by atoms with E-state index in [1.165, 1.54) is 23.2 Å². The second-order valence-electron chi connectivity index (χ2n) is 8.07. The lowest BCUT2D eigenvalue weighted by Gasteiger charge is -2.19. The molecule has 2 rings (SSSR count). The Morgan fingerprint density at radius 2 is 1.80 bits per heavy atom. The van der Waals surface area contributed by atoms with Gasteiger partial charge >= 0.3 is 5.97 Å². The van der Waals surface area contributed by atoms with Crippen LogP contribution in [0, 0.1) is 0 Å². The molecule has 0 N–H and O–H groups in total. The van der Waals surface area contributed by atoms with E-state index in [0.29, 0.717) is 24.4 Å². The van der Waals surface area contributed by atoms with Gasteiger partial charge in [0.25, 0.3) is 0 Å². The van der Waals surface area contributed by atoms with Crippen molar-refractivity contribution in [2.24, 2.45) is 0 Å². The molecule has 0 aliphatic carbocycles. The highest BCUT2D eigenvalue weighted by Gasteiger charge is 2.20. The number of carbonyl (C=O) groups is 1. The second kappa shape index (κ2) is 11.3. The Hall–Kier alpha value is -1.35. The highest BCUT2D eigenvalue weighted by atomic mass is 32.2. The number of hydrogen-bond donors (Lipinski definition) is 0. The number of thioether (sulfide) groups is 1. The summed E-state index contributed by atoms with van der Waals surface area (Å²) in [6.07, 6.45) is 2.71. The van der Waals surface area contributed by atoms with E-state index in [2.05, 4.69) is 12.1 Å². The monoisotopic (exact) mass is 469 g/mol. The maximum atomic E-state index is 12.1. The number of hydrogen-bond acceptors (Lipinski definition) is 6. The highest BCUT2D eigenvalue weighted by Crippen LogP contribution is 2.22. The molecule has 166 valence electrons. The number of ether oxygens (including phenoxy) is 1. The molecule has 0 saturated carbocycles. The molecule has 0 radical (unpaired) electrons. The van der Waals surface area contributed by atoms with Crippen LogP contribution in [0.4, 0.5) is 0 Å². The van der Waals surface area contributed by atoms with E-state index < -0.39 is 15.6 Å². The second-order valence-corrected chi connectivity index (χ2v) is 12.3. The Bertz CT molecular complexity index is 902. The molecule has 0 atom stereocenters. The summed E-state index contributed by atoms with van der Waals surface area (Å²) in [7, 11) is -3.24. The predicted octanol–water partition coefficient (Wildman–Crippen LogP) is 4.83. The minimum Gasteiger partial charge on any atom is -0.456 e. The first-order valence-electron chi connectivity index (χ1n) is 9.93. The van der Waals surface area contributed by atoms with Gasteiger partial charge in [0.15, 0.2) is 0 Å². The molecule has 0 aliphatic rings. The average molecular weight is 470 g/mol. The molecule has 8 heteroatoms. The molecule has 0 unspecified atom stereocenters. The van der Waals surface area contributed by atoms with Crippen LogP contribution in [0.1, 0.15) is 47.3 Å². The predicted molar refractivity (Wildman–Crippen MR) is 127 cm³/mol. The van der Waals surface area contributed by atoms with Crippen LogP contribution in [0.5, 0.6) is 0 Å².